The minimum atomic E-state index is -1.42. The van der Waals surface area contributed by atoms with E-state index in [9.17, 15) is 24.9 Å². The number of carbonyl (C=O) groups excluding carboxylic acids is 2. The summed E-state index contributed by atoms with van der Waals surface area (Å²) in [6.45, 7) is 4.19. The van der Waals surface area contributed by atoms with Crippen molar-refractivity contribution in [2.75, 3.05) is 0 Å². The standard InChI is InChI=1S/C22H25NO5/c1-3-14(2)8-6-4-5-7-9-17(25)19-20(26)18(21(27)23-22(19)28)15-10-12-16(24)13-11-15/h4-14,18,21,24-25,27H,3H2,1-2H3,(H,23,28)/b5-4+,8-6+,9-7+,19-17+. The summed E-state index contributed by atoms with van der Waals surface area (Å²) in [5.41, 5.74) is 0.00262. The maximum atomic E-state index is 12.8. The Morgan fingerprint density at radius 2 is 1.79 bits per heavy atom. The molecule has 1 heterocycles. The molecule has 6 nitrogen and oxygen atoms in total. The third kappa shape index (κ3) is 5.20. The molecule has 2 rings (SSSR count). The molecule has 1 fully saturated rings. The van der Waals surface area contributed by atoms with Crippen LogP contribution in [0.3, 0.4) is 0 Å². The van der Waals surface area contributed by atoms with Crippen molar-refractivity contribution in [1.82, 2.24) is 5.32 Å². The second kappa shape index (κ2) is 9.71. The summed E-state index contributed by atoms with van der Waals surface area (Å²) in [5.74, 6) is -2.59. The number of hydrogen-bond donors (Lipinski definition) is 4. The van der Waals surface area contributed by atoms with Gasteiger partial charge in [0.25, 0.3) is 5.91 Å². The highest BCUT2D eigenvalue weighted by atomic mass is 16.3. The molecule has 3 atom stereocenters. The van der Waals surface area contributed by atoms with Gasteiger partial charge in [0.15, 0.2) is 5.78 Å². The van der Waals surface area contributed by atoms with Gasteiger partial charge in [-0.3, -0.25) is 9.59 Å². The van der Waals surface area contributed by atoms with E-state index in [0.717, 1.165) is 6.42 Å². The molecule has 4 N–H and O–H groups in total. The minimum absolute atomic E-state index is 0.0150. The van der Waals surface area contributed by atoms with Gasteiger partial charge in [-0.1, -0.05) is 62.8 Å². The van der Waals surface area contributed by atoms with E-state index >= 15 is 0 Å². The molecular formula is C22H25NO5. The quantitative estimate of drug-likeness (QED) is 0.261. The number of ketones is 1. The van der Waals surface area contributed by atoms with Crippen molar-refractivity contribution in [3.63, 3.8) is 0 Å². The number of phenolic OH excluding ortho intramolecular Hbond substituents is 1. The molecule has 0 radical (unpaired) electrons. The van der Waals surface area contributed by atoms with Crippen molar-refractivity contribution in [3.05, 3.63) is 77.6 Å². The number of carbonyl (C=O) groups is 2. The van der Waals surface area contributed by atoms with Crippen LogP contribution in [0.15, 0.2) is 72.1 Å². The van der Waals surface area contributed by atoms with Crippen LogP contribution in [0.2, 0.25) is 0 Å². The lowest BCUT2D eigenvalue weighted by molar-refractivity contribution is -0.132. The van der Waals surface area contributed by atoms with E-state index in [1.807, 2.05) is 12.2 Å². The molecule has 3 unspecified atom stereocenters. The SMILES string of the molecule is CCC(C)/C=C/C=C/C=C/C(O)=C1\C(=O)NC(O)C(c2ccc(O)cc2)C1=O. The molecule has 0 saturated carbocycles. The molecule has 28 heavy (non-hydrogen) atoms. The maximum Gasteiger partial charge on any atom is 0.260 e. The summed E-state index contributed by atoms with van der Waals surface area (Å²) in [6, 6.07) is 5.73. The average molecular weight is 383 g/mol. The molecule has 0 aliphatic carbocycles. The van der Waals surface area contributed by atoms with Gasteiger partial charge in [-0.05, 0) is 29.7 Å². The van der Waals surface area contributed by atoms with Crippen LogP contribution >= 0.6 is 0 Å². The molecule has 0 aromatic heterocycles. The number of aliphatic hydroxyl groups excluding tert-OH is 2. The van der Waals surface area contributed by atoms with Crippen molar-refractivity contribution in [2.45, 2.75) is 32.4 Å². The summed E-state index contributed by atoms with van der Waals surface area (Å²) in [7, 11) is 0. The largest absolute Gasteiger partial charge is 0.508 e. The van der Waals surface area contributed by atoms with Crippen LogP contribution < -0.4 is 5.32 Å². The molecule has 6 heteroatoms. The van der Waals surface area contributed by atoms with E-state index < -0.39 is 35.2 Å². The lowest BCUT2D eigenvalue weighted by Crippen LogP contribution is -2.50. The van der Waals surface area contributed by atoms with Gasteiger partial charge in [0.05, 0.1) is 5.92 Å². The lowest BCUT2D eigenvalue weighted by atomic mass is 9.85. The number of nitrogens with one attached hydrogen (secondary N) is 1. The van der Waals surface area contributed by atoms with Crippen LogP contribution in [-0.2, 0) is 9.59 Å². The fraction of sp³-hybridized carbons (Fsp3) is 0.273. The van der Waals surface area contributed by atoms with Crippen LogP contribution in [0, 0.1) is 5.92 Å². The number of allylic oxidation sites excluding steroid dienone is 6. The fourth-order valence-corrected chi connectivity index (χ4v) is 2.71. The third-order valence-electron chi connectivity index (χ3n) is 4.53. The normalized spacial score (nSPS) is 23.5. The highest BCUT2D eigenvalue weighted by molar-refractivity contribution is 6.24. The molecule has 148 valence electrons. The van der Waals surface area contributed by atoms with Gasteiger partial charge in [-0.25, -0.2) is 0 Å². The van der Waals surface area contributed by atoms with Gasteiger partial charge in [-0.2, -0.15) is 0 Å². The van der Waals surface area contributed by atoms with Crippen LogP contribution in [0.25, 0.3) is 0 Å². The van der Waals surface area contributed by atoms with Crippen molar-refractivity contribution < 1.29 is 24.9 Å². The van der Waals surface area contributed by atoms with E-state index in [0.29, 0.717) is 11.5 Å². The molecule has 0 bridgehead atoms. The molecule has 1 aliphatic rings. The predicted molar refractivity (Wildman–Crippen MR) is 107 cm³/mol. The Morgan fingerprint density at radius 3 is 2.43 bits per heavy atom. The summed E-state index contributed by atoms with van der Waals surface area (Å²) >= 11 is 0. The number of benzene rings is 1. The van der Waals surface area contributed by atoms with Gasteiger partial charge in [0.2, 0.25) is 0 Å². The van der Waals surface area contributed by atoms with Crippen molar-refractivity contribution >= 4 is 11.7 Å². The molecule has 1 aromatic rings. The van der Waals surface area contributed by atoms with Crippen LogP contribution in [0.1, 0.15) is 31.7 Å². The number of rotatable bonds is 6. The monoisotopic (exact) mass is 383 g/mol. The Balaban J connectivity index is 2.21. The smallest absolute Gasteiger partial charge is 0.260 e. The Labute approximate surface area is 164 Å². The summed E-state index contributed by atoms with van der Waals surface area (Å²) in [4.78, 5) is 24.9. The molecular weight excluding hydrogens is 358 g/mol. The molecule has 1 amide bonds. The molecule has 1 saturated heterocycles. The predicted octanol–water partition coefficient (Wildman–Crippen LogP) is 3.02. The van der Waals surface area contributed by atoms with Gasteiger partial charge in [0, 0.05) is 0 Å². The highest BCUT2D eigenvalue weighted by Gasteiger charge is 2.41. The molecule has 1 aromatic carbocycles. The van der Waals surface area contributed by atoms with Gasteiger partial charge in [-0.15, -0.1) is 0 Å². The van der Waals surface area contributed by atoms with Crippen LogP contribution in [-0.4, -0.2) is 33.2 Å². The molecule has 1 aliphatic heterocycles. The Bertz CT molecular complexity index is 833. The summed E-state index contributed by atoms with van der Waals surface area (Å²) in [6.07, 6.45) is 9.78. The zero-order chi connectivity index (χ0) is 20.7. The number of amides is 1. The van der Waals surface area contributed by atoms with E-state index in [1.54, 1.807) is 12.2 Å². The number of Topliss-reactive ketones (excluding diaryl/α,β-unsaturated/α-hetero) is 1. The van der Waals surface area contributed by atoms with Crippen molar-refractivity contribution in [1.29, 1.82) is 0 Å². The van der Waals surface area contributed by atoms with E-state index in [1.165, 1.54) is 36.4 Å². The zero-order valence-corrected chi connectivity index (χ0v) is 15.9. The number of aliphatic hydroxyl groups is 2. The van der Waals surface area contributed by atoms with Gasteiger partial charge >= 0.3 is 0 Å². The minimum Gasteiger partial charge on any atom is -0.508 e. The number of piperidine rings is 1. The second-order valence-electron chi connectivity index (χ2n) is 6.63. The number of aromatic hydroxyl groups is 1. The Hall–Kier alpha value is -3.12. The van der Waals surface area contributed by atoms with Crippen molar-refractivity contribution in [3.8, 4) is 5.75 Å². The Kier molecular flexibility index (Phi) is 7.35. The first-order chi connectivity index (χ1) is 13.3. The topological polar surface area (TPSA) is 107 Å². The lowest BCUT2D eigenvalue weighted by Gasteiger charge is -2.29. The van der Waals surface area contributed by atoms with Gasteiger partial charge in [0.1, 0.15) is 23.3 Å². The Morgan fingerprint density at radius 1 is 1.14 bits per heavy atom. The van der Waals surface area contributed by atoms with Crippen LogP contribution in [0.5, 0.6) is 5.75 Å². The van der Waals surface area contributed by atoms with Crippen LogP contribution in [0.4, 0.5) is 0 Å². The van der Waals surface area contributed by atoms with E-state index in [4.69, 9.17) is 0 Å². The summed E-state index contributed by atoms with van der Waals surface area (Å²) < 4.78 is 0. The fourth-order valence-electron chi connectivity index (χ4n) is 2.71. The second-order valence-corrected chi connectivity index (χ2v) is 6.63. The van der Waals surface area contributed by atoms with Gasteiger partial charge < -0.3 is 20.6 Å². The zero-order valence-electron chi connectivity index (χ0n) is 15.9. The maximum absolute atomic E-state index is 12.8. The van der Waals surface area contributed by atoms with E-state index in [2.05, 4.69) is 19.2 Å². The third-order valence-corrected chi connectivity index (χ3v) is 4.53. The first-order valence-corrected chi connectivity index (χ1v) is 9.12. The first-order valence-electron chi connectivity index (χ1n) is 9.12. The molecule has 0 spiro atoms. The average Bonchev–Trinajstić information content (AvgIpc) is 2.65. The first kappa shape index (κ1) is 21.2. The number of hydrogen-bond acceptors (Lipinski definition) is 5. The highest BCUT2D eigenvalue weighted by Crippen LogP contribution is 2.29. The summed E-state index contributed by atoms with van der Waals surface area (Å²) in [5, 5.41) is 32.0. The van der Waals surface area contributed by atoms with Crippen molar-refractivity contribution in [2.24, 2.45) is 5.92 Å². The number of phenols is 1. The van der Waals surface area contributed by atoms with E-state index in [-0.39, 0.29) is 5.75 Å².